The van der Waals surface area contributed by atoms with Gasteiger partial charge in [-0.25, -0.2) is 9.59 Å². The van der Waals surface area contributed by atoms with Crippen molar-refractivity contribution in [2.45, 2.75) is 65.8 Å². The summed E-state index contributed by atoms with van der Waals surface area (Å²) in [4.78, 5) is 21.3. The second kappa shape index (κ2) is 10.8. The Morgan fingerprint density at radius 2 is 1.37 bits per heavy atom. The van der Waals surface area contributed by atoms with Crippen LogP contribution < -0.4 is 0 Å². The smallest absolute Gasteiger partial charge is 0.347 e. The summed E-state index contributed by atoms with van der Waals surface area (Å²) < 4.78 is 9.19. The van der Waals surface area contributed by atoms with Gasteiger partial charge in [-0.1, -0.05) is 26.7 Å². The number of hydrogen-bond acceptors (Lipinski definition) is 6. The summed E-state index contributed by atoms with van der Waals surface area (Å²) in [5.74, 6) is -0.959. The van der Waals surface area contributed by atoms with E-state index in [1.807, 2.05) is 0 Å². The lowest BCUT2D eigenvalue weighted by molar-refractivity contribution is -0.191. The third-order valence-corrected chi connectivity index (χ3v) is 1.87. The molecular formula is C13H26O6. The van der Waals surface area contributed by atoms with Gasteiger partial charge in [-0.15, -0.1) is 0 Å². The number of aliphatic hydroxyl groups is 2. The van der Waals surface area contributed by atoms with Gasteiger partial charge < -0.3 is 19.7 Å². The molecule has 2 N–H and O–H groups in total. The topological polar surface area (TPSA) is 93.1 Å². The molecule has 1 aliphatic heterocycles. The standard InChI is InChI=1S/C6H8O4.C3H8O2.C3H6.CH4/c1-3-5(7)10-4(2)6(8)9-3;1-3(5)2-4;1-2-3-1;/h3-4H,1-2H3;3-5H,2H2,1H3;1-3H2;1H4. The van der Waals surface area contributed by atoms with E-state index in [1.165, 1.54) is 40.0 Å². The minimum Gasteiger partial charge on any atom is -0.448 e. The number of cyclic esters (lactones) is 2. The van der Waals surface area contributed by atoms with E-state index < -0.39 is 30.3 Å². The maximum absolute atomic E-state index is 10.7. The van der Waals surface area contributed by atoms with Crippen molar-refractivity contribution in [1.29, 1.82) is 0 Å². The first-order valence-corrected chi connectivity index (χ1v) is 6.08. The molecule has 114 valence electrons. The van der Waals surface area contributed by atoms with Crippen LogP contribution in [0.25, 0.3) is 0 Å². The van der Waals surface area contributed by atoms with E-state index >= 15 is 0 Å². The van der Waals surface area contributed by atoms with Crippen LogP contribution in [0.5, 0.6) is 0 Å². The highest BCUT2D eigenvalue weighted by Crippen LogP contribution is 2.14. The van der Waals surface area contributed by atoms with Gasteiger partial charge in [-0.05, 0) is 20.8 Å². The zero-order valence-corrected chi connectivity index (χ0v) is 11.1. The first-order chi connectivity index (χ1) is 8.38. The van der Waals surface area contributed by atoms with Crippen molar-refractivity contribution < 1.29 is 29.3 Å². The molecule has 2 rings (SSSR count). The normalized spacial score (nSPS) is 25.1. The number of carbonyl (C=O) groups is 2. The van der Waals surface area contributed by atoms with Crippen LogP contribution in [-0.4, -0.2) is 47.1 Å². The molecule has 1 saturated carbocycles. The Morgan fingerprint density at radius 1 is 1.11 bits per heavy atom. The quantitative estimate of drug-likeness (QED) is 0.696. The van der Waals surface area contributed by atoms with Crippen molar-refractivity contribution in [3.05, 3.63) is 0 Å². The first kappa shape index (κ1) is 20.2. The third kappa shape index (κ3) is 11.7. The molecule has 1 heterocycles. The molecule has 1 aliphatic carbocycles. The highest BCUT2D eigenvalue weighted by molar-refractivity contribution is 5.86. The van der Waals surface area contributed by atoms with Crippen LogP contribution in [0.3, 0.4) is 0 Å². The molecule has 0 aromatic heterocycles. The summed E-state index contributed by atoms with van der Waals surface area (Å²) in [7, 11) is 0. The SMILES string of the molecule is C.C1CC1.CC(O)CO.CC1OC(=O)C(C)OC1=O. The van der Waals surface area contributed by atoms with E-state index in [4.69, 9.17) is 10.2 Å². The van der Waals surface area contributed by atoms with Crippen LogP contribution in [0.15, 0.2) is 0 Å². The molecular weight excluding hydrogens is 252 g/mol. The second-order valence-corrected chi connectivity index (χ2v) is 4.25. The summed E-state index contributed by atoms with van der Waals surface area (Å²) in [5, 5.41) is 16.0. The third-order valence-electron chi connectivity index (χ3n) is 1.87. The van der Waals surface area contributed by atoms with Gasteiger partial charge in [0.2, 0.25) is 0 Å². The zero-order chi connectivity index (χ0) is 14.1. The van der Waals surface area contributed by atoms with Crippen molar-refractivity contribution in [3.8, 4) is 0 Å². The monoisotopic (exact) mass is 278 g/mol. The average Bonchev–Trinajstić information content (AvgIpc) is 3.15. The molecule has 19 heavy (non-hydrogen) atoms. The first-order valence-electron chi connectivity index (χ1n) is 6.08. The highest BCUT2D eigenvalue weighted by Gasteiger charge is 2.32. The minimum atomic E-state index is -0.747. The predicted octanol–water partition coefficient (Wildman–Crippen LogP) is 1.03. The molecule has 2 aliphatic rings. The van der Waals surface area contributed by atoms with Crippen LogP contribution in [0.1, 0.15) is 47.5 Å². The van der Waals surface area contributed by atoms with E-state index in [0.717, 1.165) is 0 Å². The maximum Gasteiger partial charge on any atom is 0.347 e. The van der Waals surface area contributed by atoms with Crippen molar-refractivity contribution in [3.63, 3.8) is 0 Å². The van der Waals surface area contributed by atoms with Crippen molar-refractivity contribution >= 4 is 11.9 Å². The summed E-state index contributed by atoms with van der Waals surface area (Å²) in [6.07, 6.45) is 2.45. The van der Waals surface area contributed by atoms with Crippen LogP contribution in [0.4, 0.5) is 0 Å². The fraction of sp³-hybridized carbons (Fsp3) is 0.846. The lowest BCUT2D eigenvalue weighted by atomic mass is 10.3. The highest BCUT2D eigenvalue weighted by atomic mass is 16.6. The van der Waals surface area contributed by atoms with Crippen molar-refractivity contribution in [2.75, 3.05) is 6.61 Å². The van der Waals surface area contributed by atoms with Gasteiger partial charge in [0.1, 0.15) is 0 Å². The number of rotatable bonds is 1. The zero-order valence-electron chi connectivity index (χ0n) is 11.1. The van der Waals surface area contributed by atoms with Gasteiger partial charge >= 0.3 is 11.9 Å². The number of esters is 2. The lowest BCUT2D eigenvalue weighted by Gasteiger charge is -2.22. The summed E-state index contributed by atoms with van der Waals surface area (Å²) in [6.45, 7) is 4.35. The number of carbonyl (C=O) groups excluding carboxylic acids is 2. The van der Waals surface area contributed by atoms with E-state index in [9.17, 15) is 9.59 Å². The van der Waals surface area contributed by atoms with Crippen LogP contribution in [0, 0.1) is 0 Å². The summed E-state index contributed by atoms with van der Waals surface area (Å²) in [5.41, 5.74) is 0. The Morgan fingerprint density at radius 3 is 1.53 bits per heavy atom. The van der Waals surface area contributed by atoms with Gasteiger partial charge in [0, 0.05) is 0 Å². The molecule has 6 heteroatoms. The largest absolute Gasteiger partial charge is 0.448 e. The molecule has 1 saturated heterocycles. The number of hydrogen-bond donors (Lipinski definition) is 2. The Hall–Kier alpha value is -1.14. The van der Waals surface area contributed by atoms with Crippen molar-refractivity contribution in [1.82, 2.24) is 0 Å². The average molecular weight is 278 g/mol. The fourth-order valence-corrected chi connectivity index (χ4v) is 0.636. The van der Waals surface area contributed by atoms with E-state index in [1.54, 1.807) is 0 Å². The lowest BCUT2D eigenvalue weighted by Crippen LogP contribution is -2.40. The van der Waals surface area contributed by atoms with Crippen molar-refractivity contribution in [2.24, 2.45) is 0 Å². The fourth-order valence-electron chi connectivity index (χ4n) is 0.636. The molecule has 3 atom stereocenters. The molecule has 3 unspecified atom stereocenters. The predicted molar refractivity (Wildman–Crippen MR) is 70.5 cm³/mol. The van der Waals surface area contributed by atoms with E-state index in [2.05, 4.69) is 9.47 Å². The molecule has 0 radical (unpaired) electrons. The van der Waals surface area contributed by atoms with Gasteiger partial charge in [-0.3, -0.25) is 0 Å². The van der Waals surface area contributed by atoms with E-state index in [0.29, 0.717) is 0 Å². The minimum absolute atomic E-state index is 0. The van der Waals surface area contributed by atoms with Crippen LogP contribution >= 0.6 is 0 Å². The van der Waals surface area contributed by atoms with E-state index in [-0.39, 0.29) is 14.0 Å². The Labute approximate surface area is 114 Å². The summed E-state index contributed by atoms with van der Waals surface area (Å²) >= 11 is 0. The molecule has 0 aromatic carbocycles. The Bertz CT molecular complexity index is 239. The number of aliphatic hydroxyl groups excluding tert-OH is 2. The molecule has 2 fully saturated rings. The number of ether oxygens (including phenoxy) is 2. The van der Waals surface area contributed by atoms with Gasteiger partial charge in [0.25, 0.3) is 0 Å². The molecule has 0 amide bonds. The molecule has 0 spiro atoms. The summed E-state index contributed by atoms with van der Waals surface area (Å²) in [6, 6.07) is 0. The Balaban J connectivity index is 0. The maximum atomic E-state index is 10.7. The van der Waals surface area contributed by atoms with Crippen LogP contribution in [-0.2, 0) is 19.1 Å². The van der Waals surface area contributed by atoms with Gasteiger partial charge in [-0.2, -0.15) is 0 Å². The second-order valence-electron chi connectivity index (χ2n) is 4.25. The van der Waals surface area contributed by atoms with Crippen LogP contribution in [0.2, 0.25) is 0 Å². The molecule has 6 nitrogen and oxygen atoms in total. The Kier molecular flexibility index (Phi) is 11.4. The molecule has 0 aromatic rings. The molecule has 0 bridgehead atoms. The van der Waals surface area contributed by atoms with Gasteiger partial charge in [0.15, 0.2) is 12.2 Å². The van der Waals surface area contributed by atoms with Gasteiger partial charge in [0.05, 0.1) is 12.7 Å².